The van der Waals surface area contributed by atoms with Crippen molar-refractivity contribution in [1.82, 2.24) is 10.2 Å². The first-order valence-corrected chi connectivity index (χ1v) is 7.15. The second-order valence-corrected chi connectivity index (χ2v) is 6.04. The number of amides is 2. The monoisotopic (exact) mass is 270 g/mol. The van der Waals surface area contributed by atoms with Gasteiger partial charge in [0.25, 0.3) is 0 Å². The lowest BCUT2D eigenvalue weighted by Crippen LogP contribution is -2.46. The van der Waals surface area contributed by atoms with E-state index in [0.717, 1.165) is 25.7 Å². The zero-order valence-electron chi connectivity index (χ0n) is 12.2. The van der Waals surface area contributed by atoms with E-state index in [9.17, 15) is 9.59 Å². The number of urea groups is 1. The van der Waals surface area contributed by atoms with E-state index in [0.29, 0.717) is 18.4 Å². The fourth-order valence-corrected chi connectivity index (χ4v) is 1.95. The molecule has 19 heavy (non-hydrogen) atoms. The lowest BCUT2D eigenvalue weighted by Gasteiger charge is -2.24. The summed E-state index contributed by atoms with van der Waals surface area (Å²) in [5.74, 6) is 0.155. The Morgan fingerprint density at radius 1 is 1.26 bits per heavy atom. The largest absolute Gasteiger partial charge is 0.480 e. The molecular formula is C14H26N2O3. The average Bonchev–Trinajstić information content (AvgIpc) is 3.08. The summed E-state index contributed by atoms with van der Waals surface area (Å²) in [5, 5.41) is 11.8. The molecule has 0 bridgehead atoms. The predicted molar refractivity (Wildman–Crippen MR) is 74.0 cm³/mol. The number of nitrogens with one attached hydrogen (secondary N) is 1. The minimum absolute atomic E-state index is 0.0883. The highest BCUT2D eigenvalue weighted by Crippen LogP contribution is 2.29. The Kier molecular flexibility index (Phi) is 6.12. The van der Waals surface area contributed by atoms with Crippen LogP contribution in [0.3, 0.4) is 0 Å². The van der Waals surface area contributed by atoms with Gasteiger partial charge in [-0.1, -0.05) is 13.8 Å². The molecule has 1 atom stereocenters. The van der Waals surface area contributed by atoms with Gasteiger partial charge in [0.2, 0.25) is 0 Å². The molecule has 1 aliphatic carbocycles. The van der Waals surface area contributed by atoms with Gasteiger partial charge in [-0.05, 0) is 44.4 Å². The van der Waals surface area contributed by atoms with Crippen molar-refractivity contribution in [3.05, 3.63) is 0 Å². The van der Waals surface area contributed by atoms with Crippen LogP contribution in [-0.4, -0.2) is 41.1 Å². The molecule has 0 spiro atoms. The summed E-state index contributed by atoms with van der Waals surface area (Å²) in [6, 6.07) is -0.157. The molecule has 1 aliphatic rings. The molecule has 2 N–H and O–H groups in total. The maximum Gasteiger partial charge on any atom is 0.323 e. The lowest BCUT2D eigenvalue weighted by molar-refractivity contribution is -0.137. The van der Waals surface area contributed by atoms with Crippen LogP contribution in [0.5, 0.6) is 0 Å². The zero-order chi connectivity index (χ0) is 14.4. The Morgan fingerprint density at radius 2 is 1.89 bits per heavy atom. The number of hydrogen-bond acceptors (Lipinski definition) is 2. The molecule has 0 aromatic heterocycles. The van der Waals surface area contributed by atoms with Gasteiger partial charge >= 0.3 is 12.0 Å². The van der Waals surface area contributed by atoms with Crippen molar-refractivity contribution < 1.29 is 14.7 Å². The molecule has 2 amide bonds. The maximum absolute atomic E-state index is 12.0. The van der Waals surface area contributed by atoms with Crippen molar-refractivity contribution in [3.8, 4) is 0 Å². The molecule has 5 heteroatoms. The highest BCUT2D eigenvalue weighted by atomic mass is 16.4. The third-order valence-corrected chi connectivity index (χ3v) is 3.34. The van der Waals surface area contributed by atoms with Gasteiger partial charge in [0, 0.05) is 12.6 Å². The summed E-state index contributed by atoms with van der Waals surface area (Å²) in [6.45, 7) is 6.63. The Balaban J connectivity index is 2.38. The van der Waals surface area contributed by atoms with E-state index in [1.807, 2.05) is 6.92 Å². The van der Waals surface area contributed by atoms with Gasteiger partial charge in [-0.25, -0.2) is 4.79 Å². The highest BCUT2D eigenvalue weighted by Gasteiger charge is 2.28. The molecule has 0 radical (unpaired) electrons. The lowest BCUT2D eigenvalue weighted by atomic mass is 10.0. The van der Waals surface area contributed by atoms with E-state index in [2.05, 4.69) is 19.2 Å². The van der Waals surface area contributed by atoms with E-state index in [4.69, 9.17) is 5.11 Å². The Morgan fingerprint density at radius 3 is 2.37 bits per heavy atom. The predicted octanol–water partition coefficient (Wildman–Crippen LogP) is 2.32. The number of carbonyl (C=O) groups excluding carboxylic acids is 1. The highest BCUT2D eigenvalue weighted by molar-refractivity contribution is 5.80. The molecular weight excluding hydrogens is 244 g/mol. The first-order chi connectivity index (χ1) is 8.88. The van der Waals surface area contributed by atoms with Crippen LogP contribution in [0.25, 0.3) is 0 Å². The number of carboxylic acids is 1. The van der Waals surface area contributed by atoms with Crippen molar-refractivity contribution >= 4 is 12.0 Å². The number of aliphatic carboxylic acids is 1. The van der Waals surface area contributed by atoms with Gasteiger partial charge in [0.1, 0.15) is 6.54 Å². The van der Waals surface area contributed by atoms with Crippen molar-refractivity contribution in [3.63, 3.8) is 0 Å². The molecule has 0 aromatic carbocycles. The van der Waals surface area contributed by atoms with Crippen LogP contribution in [0.4, 0.5) is 4.79 Å². The Hall–Kier alpha value is -1.26. The quantitative estimate of drug-likeness (QED) is 0.711. The second-order valence-electron chi connectivity index (χ2n) is 6.04. The van der Waals surface area contributed by atoms with E-state index in [-0.39, 0.29) is 18.6 Å². The summed E-state index contributed by atoms with van der Waals surface area (Å²) in [7, 11) is 0. The topological polar surface area (TPSA) is 69.6 Å². The van der Waals surface area contributed by atoms with E-state index in [1.54, 1.807) is 0 Å². The third-order valence-electron chi connectivity index (χ3n) is 3.34. The van der Waals surface area contributed by atoms with Crippen molar-refractivity contribution in [1.29, 1.82) is 0 Å². The van der Waals surface area contributed by atoms with Crippen LogP contribution in [0.1, 0.15) is 46.5 Å². The number of carboxylic acid groups (broad SMARTS) is 1. The van der Waals surface area contributed by atoms with Crippen LogP contribution in [0, 0.1) is 11.8 Å². The van der Waals surface area contributed by atoms with Crippen LogP contribution in [0.2, 0.25) is 0 Å². The number of hydrogen-bond donors (Lipinski definition) is 2. The molecule has 1 unspecified atom stereocenters. The van der Waals surface area contributed by atoms with Crippen molar-refractivity contribution in [2.45, 2.75) is 52.5 Å². The fraction of sp³-hybridized carbons (Fsp3) is 0.857. The smallest absolute Gasteiger partial charge is 0.323 e. The molecule has 0 aliphatic heterocycles. The molecule has 110 valence electrons. The van der Waals surface area contributed by atoms with Crippen LogP contribution >= 0.6 is 0 Å². The van der Waals surface area contributed by atoms with Crippen LogP contribution in [-0.2, 0) is 4.79 Å². The standard InChI is InChI=1S/C14H26N2O3/c1-10(2)4-5-11(3)15-14(19)16(9-13(17)18)8-12-6-7-12/h10-12H,4-9H2,1-3H3,(H,15,19)(H,17,18). The number of nitrogens with zero attached hydrogens (tertiary/aromatic N) is 1. The molecule has 0 aromatic rings. The first kappa shape index (κ1) is 15.8. The normalized spacial score (nSPS) is 16.2. The summed E-state index contributed by atoms with van der Waals surface area (Å²) in [6.07, 6.45) is 4.19. The van der Waals surface area contributed by atoms with E-state index >= 15 is 0 Å². The minimum Gasteiger partial charge on any atom is -0.480 e. The summed E-state index contributed by atoms with van der Waals surface area (Å²) in [5.41, 5.74) is 0. The summed E-state index contributed by atoms with van der Waals surface area (Å²) >= 11 is 0. The van der Waals surface area contributed by atoms with Crippen molar-refractivity contribution in [2.75, 3.05) is 13.1 Å². The molecule has 0 heterocycles. The summed E-state index contributed by atoms with van der Waals surface area (Å²) in [4.78, 5) is 24.3. The summed E-state index contributed by atoms with van der Waals surface area (Å²) < 4.78 is 0. The molecule has 1 fully saturated rings. The number of rotatable bonds is 8. The maximum atomic E-state index is 12.0. The van der Waals surface area contributed by atoms with Gasteiger partial charge in [0.15, 0.2) is 0 Å². The zero-order valence-corrected chi connectivity index (χ0v) is 12.2. The third kappa shape index (κ3) is 7.03. The fourth-order valence-electron chi connectivity index (χ4n) is 1.95. The van der Waals surface area contributed by atoms with Gasteiger partial charge in [-0.15, -0.1) is 0 Å². The van der Waals surface area contributed by atoms with Crippen LogP contribution in [0.15, 0.2) is 0 Å². The minimum atomic E-state index is -0.953. The van der Waals surface area contributed by atoms with E-state index < -0.39 is 5.97 Å². The molecule has 5 nitrogen and oxygen atoms in total. The second kappa shape index (κ2) is 7.36. The van der Waals surface area contributed by atoms with Gasteiger partial charge < -0.3 is 15.3 Å². The Bertz CT molecular complexity index is 314. The Labute approximate surface area is 115 Å². The average molecular weight is 270 g/mol. The van der Waals surface area contributed by atoms with Crippen molar-refractivity contribution in [2.24, 2.45) is 11.8 Å². The molecule has 1 rings (SSSR count). The molecule has 1 saturated carbocycles. The van der Waals surface area contributed by atoms with Gasteiger partial charge in [-0.2, -0.15) is 0 Å². The van der Waals surface area contributed by atoms with Crippen LogP contribution < -0.4 is 5.32 Å². The number of carbonyl (C=O) groups is 2. The van der Waals surface area contributed by atoms with E-state index in [1.165, 1.54) is 4.90 Å². The first-order valence-electron chi connectivity index (χ1n) is 7.15. The van der Waals surface area contributed by atoms with Gasteiger partial charge in [-0.3, -0.25) is 4.79 Å². The van der Waals surface area contributed by atoms with Gasteiger partial charge in [0.05, 0.1) is 0 Å². The SMILES string of the molecule is CC(C)CCC(C)NC(=O)N(CC(=O)O)CC1CC1. The molecule has 0 saturated heterocycles.